The first-order chi connectivity index (χ1) is 15.4. The van der Waals surface area contributed by atoms with Crippen LogP contribution in [0.3, 0.4) is 0 Å². The van der Waals surface area contributed by atoms with Crippen molar-refractivity contribution in [2.45, 2.75) is 37.3 Å². The van der Waals surface area contributed by atoms with Gasteiger partial charge in [0.15, 0.2) is 6.23 Å². The van der Waals surface area contributed by atoms with Crippen LogP contribution in [0.5, 0.6) is 0 Å². The van der Waals surface area contributed by atoms with Gasteiger partial charge in [-0.25, -0.2) is 4.79 Å². The third-order valence-electron chi connectivity index (χ3n) is 4.63. The largest absolute Gasteiger partial charge is 1.00 e. The molecule has 2 unspecified atom stereocenters. The van der Waals surface area contributed by atoms with Crippen molar-refractivity contribution < 1.29 is 107 Å². The number of nitrogens with zero attached hydrogens (tertiary/aromatic N) is 1. The van der Waals surface area contributed by atoms with E-state index in [0.29, 0.717) is 5.56 Å². The monoisotopic (exact) mass is 552 g/mol. The van der Waals surface area contributed by atoms with E-state index in [1.54, 1.807) is 0 Å². The Morgan fingerprint density at radius 3 is 2.37 bits per heavy atom. The molecule has 1 aromatic carbocycles. The molecule has 0 aliphatic carbocycles. The van der Waals surface area contributed by atoms with Crippen molar-refractivity contribution in [1.29, 1.82) is 0 Å². The van der Waals surface area contributed by atoms with Gasteiger partial charge in [-0.1, -0.05) is 24.3 Å². The van der Waals surface area contributed by atoms with E-state index >= 15 is 0 Å². The van der Waals surface area contributed by atoms with Crippen LogP contribution in [0.4, 0.5) is 0 Å². The van der Waals surface area contributed by atoms with Gasteiger partial charge in [0.25, 0.3) is 13.4 Å². The summed E-state index contributed by atoms with van der Waals surface area (Å²) in [5.74, 6) is 0. The standard InChI is InChI=1S/C17H22N2O12P2.2Na/c20-7-10-2-1-3-11(6-10)9-32(25,26)31-33(27,28)29-8-12-14(22)15(23)16(30-12)19-5-4-13(21)18-17(19)24;;/h1-6,12,14-16,20,22-23H,7-9H2,(H,25,26)(H,27,28)(H,18,21,24);;/q;2*+1/p-2/t12-,14-,15-,16-;;/m1../s1. The zero-order valence-electron chi connectivity index (χ0n) is 18.8. The smallest absolute Gasteiger partial charge is 0.778 e. The molecule has 4 N–H and O–H groups in total. The Balaban J connectivity index is 0.00000306. The third-order valence-corrected chi connectivity index (χ3v) is 7.65. The molecule has 1 aliphatic rings. The van der Waals surface area contributed by atoms with Gasteiger partial charge in [-0.05, 0) is 11.1 Å². The molecule has 0 saturated carbocycles. The van der Waals surface area contributed by atoms with Crippen LogP contribution in [0.15, 0.2) is 46.1 Å². The Labute approximate surface area is 242 Å². The van der Waals surface area contributed by atoms with Crippen LogP contribution in [0.25, 0.3) is 0 Å². The molecular weight excluding hydrogens is 532 g/mol. The molecule has 0 spiro atoms. The molecule has 0 amide bonds. The van der Waals surface area contributed by atoms with Gasteiger partial charge in [0.05, 0.1) is 13.2 Å². The van der Waals surface area contributed by atoms with Gasteiger partial charge >= 0.3 is 64.8 Å². The number of hydrogen-bond donors (Lipinski definition) is 4. The Bertz CT molecular complexity index is 1210. The number of phosphoric acid groups is 1. The number of nitrogens with one attached hydrogen (secondary N) is 1. The minimum Gasteiger partial charge on any atom is -0.778 e. The maximum Gasteiger partial charge on any atom is 1.00 e. The van der Waals surface area contributed by atoms with E-state index in [-0.39, 0.29) is 71.3 Å². The van der Waals surface area contributed by atoms with Crippen molar-refractivity contribution in [1.82, 2.24) is 9.55 Å². The maximum absolute atomic E-state index is 12.1. The average Bonchev–Trinajstić information content (AvgIpc) is 3.00. The van der Waals surface area contributed by atoms with Crippen LogP contribution in [0.2, 0.25) is 0 Å². The number of aliphatic hydroxyl groups is 3. The van der Waals surface area contributed by atoms with Gasteiger partial charge in [-0.15, -0.1) is 0 Å². The molecule has 0 radical (unpaired) electrons. The summed E-state index contributed by atoms with van der Waals surface area (Å²) in [5.41, 5.74) is -1.07. The molecular formula is C17H20N2Na2O12P2. The minimum atomic E-state index is -5.44. The first-order valence-corrected chi connectivity index (χ1v) is 12.6. The van der Waals surface area contributed by atoms with Crippen molar-refractivity contribution in [3.63, 3.8) is 0 Å². The number of ether oxygens (including phenoxy) is 1. The first kappa shape index (κ1) is 33.1. The molecule has 1 fully saturated rings. The van der Waals surface area contributed by atoms with Gasteiger partial charge in [0, 0.05) is 18.4 Å². The fourth-order valence-corrected chi connectivity index (χ4v) is 5.76. The predicted molar refractivity (Wildman–Crippen MR) is 106 cm³/mol. The number of aromatic nitrogens is 2. The second-order valence-corrected chi connectivity index (χ2v) is 10.5. The summed E-state index contributed by atoms with van der Waals surface area (Å²) in [4.78, 5) is 49.1. The van der Waals surface area contributed by atoms with E-state index in [1.165, 1.54) is 24.3 Å². The van der Waals surface area contributed by atoms with E-state index in [9.17, 15) is 38.7 Å². The van der Waals surface area contributed by atoms with Crippen LogP contribution in [-0.2, 0) is 35.5 Å². The Kier molecular flexibility index (Phi) is 13.0. The molecule has 6 atom stereocenters. The topological polar surface area (TPSA) is 223 Å². The van der Waals surface area contributed by atoms with Crippen molar-refractivity contribution in [3.05, 3.63) is 68.5 Å². The van der Waals surface area contributed by atoms with E-state index in [2.05, 4.69) is 8.83 Å². The molecule has 35 heavy (non-hydrogen) atoms. The van der Waals surface area contributed by atoms with Crippen LogP contribution >= 0.6 is 15.4 Å². The van der Waals surface area contributed by atoms with Crippen LogP contribution in [0.1, 0.15) is 17.4 Å². The number of aliphatic hydroxyl groups excluding tert-OH is 3. The fraction of sp³-hybridized carbons (Fsp3) is 0.412. The fourth-order valence-electron chi connectivity index (χ4n) is 3.14. The Morgan fingerprint density at radius 1 is 1.09 bits per heavy atom. The zero-order valence-corrected chi connectivity index (χ0v) is 24.5. The number of rotatable bonds is 9. The summed E-state index contributed by atoms with van der Waals surface area (Å²) in [6.07, 6.45) is -6.16. The SMILES string of the molecule is O=c1ccn([C@@H]2O[C@H](COP(=O)([O-])OP(=O)([O-])Cc3cccc(CO)c3)[C@@H](O)[C@H]2O)c(=O)[nH]1.[Na+].[Na+]. The van der Waals surface area contributed by atoms with Crippen molar-refractivity contribution in [3.8, 4) is 0 Å². The van der Waals surface area contributed by atoms with Crippen molar-refractivity contribution >= 4 is 15.4 Å². The summed E-state index contributed by atoms with van der Waals surface area (Å²) < 4.78 is 38.9. The normalized spacial score (nSPS) is 25.1. The van der Waals surface area contributed by atoms with Crippen LogP contribution in [0, 0.1) is 0 Å². The van der Waals surface area contributed by atoms with E-state index in [1.807, 2.05) is 4.98 Å². The predicted octanol–water partition coefficient (Wildman–Crippen LogP) is -8.09. The minimum absolute atomic E-state index is 0. The van der Waals surface area contributed by atoms with Crippen LogP contribution in [-0.4, -0.2) is 49.8 Å². The number of phosphoric ester groups is 1. The summed E-state index contributed by atoms with van der Waals surface area (Å²) in [5, 5.41) is 29.3. The second-order valence-electron chi connectivity index (χ2n) is 7.14. The van der Waals surface area contributed by atoms with Crippen molar-refractivity contribution in [2.75, 3.05) is 6.61 Å². The Hall–Kier alpha value is 0.0400. The molecule has 0 bridgehead atoms. The molecule has 1 saturated heterocycles. The Morgan fingerprint density at radius 2 is 1.74 bits per heavy atom. The molecule has 1 aliphatic heterocycles. The number of H-pyrrole nitrogens is 1. The van der Waals surface area contributed by atoms with E-state index in [0.717, 1.165) is 16.8 Å². The van der Waals surface area contributed by atoms with Crippen molar-refractivity contribution in [2.24, 2.45) is 0 Å². The summed E-state index contributed by atoms with van der Waals surface area (Å²) >= 11 is 0. The molecule has 14 nitrogen and oxygen atoms in total. The summed E-state index contributed by atoms with van der Waals surface area (Å²) in [6, 6.07) is 6.73. The molecule has 18 heteroatoms. The molecule has 182 valence electrons. The maximum atomic E-state index is 12.1. The number of aromatic amines is 1. The summed E-state index contributed by atoms with van der Waals surface area (Å²) in [7, 11) is -10.4. The van der Waals surface area contributed by atoms with Gasteiger partial charge in [-0.3, -0.25) is 23.2 Å². The number of benzene rings is 1. The van der Waals surface area contributed by atoms with Gasteiger partial charge in [-0.2, -0.15) is 0 Å². The van der Waals surface area contributed by atoms with Gasteiger partial charge < -0.3 is 38.9 Å². The first-order valence-electron chi connectivity index (χ1n) is 9.39. The molecule has 1 aromatic heterocycles. The quantitative estimate of drug-likeness (QED) is 0.168. The third kappa shape index (κ3) is 9.08. The molecule has 2 heterocycles. The summed E-state index contributed by atoms with van der Waals surface area (Å²) in [6.45, 7) is -1.28. The number of hydrogen-bond acceptors (Lipinski definition) is 12. The molecule has 2 aromatic rings. The van der Waals surface area contributed by atoms with E-state index in [4.69, 9.17) is 9.84 Å². The molecule has 3 rings (SSSR count). The van der Waals surface area contributed by atoms with E-state index < -0.39 is 64.0 Å². The van der Waals surface area contributed by atoms with Crippen LogP contribution < -0.4 is 80.2 Å². The van der Waals surface area contributed by atoms with Gasteiger partial charge in [0.1, 0.15) is 25.9 Å². The average molecular weight is 552 g/mol. The second kappa shape index (κ2) is 13.7. The van der Waals surface area contributed by atoms with Gasteiger partial charge in [0.2, 0.25) is 0 Å². The zero-order chi connectivity index (χ0) is 24.4.